The molecule has 0 unspecified atom stereocenters. The van der Waals surface area contributed by atoms with Crippen LogP contribution in [-0.2, 0) is 0 Å². The lowest BCUT2D eigenvalue weighted by molar-refractivity contribution is 1.31. The first-order chi connectivity index (χ1) is 16.8. The van der Waals surface area contributed by atoms with E-state index in [1.807, 2.05) is 48.8 Å². The number of pyridine rings is 2. The summed E-state index contributed by atoms with van der Waals surface area (Å²) in [5, 5.41) is 0. The van der Waals surface area contributed by atoms with E-state index in [4.69, 9.17) is 0 Å². The Labute approximate surface area is 200 Å². The number of rotatable bonds is 6. The molecule has 0 radical (unpaired) electrons. The monoisotopic (exact) mass is 436 g/mol. The SMILES string of the molecule is C(=Cc1cccc(C=Cc2ccc(-c3ccccc3)nc2)c1)c1ccc(-c2ccccc2)nc1. The second kappa shape index (κ2) is 10.4. The van der Waals surface area contributed by atoms with Crippen LogP contribution in [0, 0.1) is 0 Å². The van der Waals surface area contributed by atoms with E-state index < -0.39 is 0 Å². The van der Waals surface area contributed by atoms with Gasteiger partial charge in [0.05, 0.1) is 11.4 Å². The maximum Gasteiger partial charge on any atom is 0.0702 e. The van der Waals surface area contributed by atoms with Gasteiger partial charge in [-0.05, 0) is 40.5 Å². The van der Waals surface area contributed by atoms with Crippen molar-refractivity contribution >= 4 is 24.3 Å². The van der Waals surface area contributed by atoms with Crippen molar-refractivity contribution in [2.45, 2.75) is 0 Å². The maximum atomic E-state index is 4.60. The first kappa shape index (κ1) is 21.3. The fourth-order valence-electron chi connectivity index (χ4n) is 3.72. The van der Waals surface area contributed by atoms with Crippen LogP contribution in [0.1, 0.15) is 22.3 Å². The van der Waals surface area contributed by atoms with E-state index in [9.17, 15) is 0 Å². The molecule has 0 saturated heterocycles. The van der Waals surface area contributed by atoms with Crippen molar-refractivity contribution in [3.63, 3.8) is 0 Å². The van der Waals surface area contributed by atoms with E-state index in [-0.39, 0.29) is 0 Å². The molecule has 2 heteroatoms. The summed E-state index contributed by atoms with van der Waals surface area (Å²) in [6.07, 6.45) is 12.2. The Hall–Kier alpha value is -4.56. The molecule has 0 spiro atoms. The van der Waals surface area contributed by atoms with Gasteiger partial charge >= 0.3 is 0 Å². The zero-order valence-electron chi connectivity index (χ0n) is 18.8. The molecule has 0 N–H and O–H groups in total. The van der Waals surface area contributed by atoms with Crippen LogP contribution in [0.4, 0.5) is 0 Å². The molecule has 2 heterocycles. The number of hydrogen-bond acceptors (Lipinski definition) is 2. The lowest BCUT2D eigenvalue weighted by atomic mass is 10.1. The molecule has 2 nitrogen and oxygen atoms in total. The Bertz CT molecular complexity index is 1290. The van der Waals surface area contributed by atoms with Crippen molar-refractivity contribution in [3.8, 4) is 22.5 Å². The van der Waals surface area contributed by atoms with Gasteiger partial charge in [0.25, 0.3) is 0 Å². The van der Waals surface area contributed by atoms with Crippen molar-refractivity contribution < 1.29 is 0 Å². The average Bonchev–Trinajstić information content (AvgIpc) is 2.93. The molecule has 0 fully saturated rings. The molecule has 0 saturated carbocycles. The van der Waals surface area contributed by atoms with Crippen LogP contribution in [0.25, 0.3) is 46.8 Å². The Morgan fingerprint density at radius 2 is 0.824 bits per heavy atom. The van der Waals surface area contributed by atoms with Crippen molar-refractivity contribution in [2.75, 3.05) is 0 Å². The van der Waals surface area contributed by atoms with Crippen LogP contribution in [-0.4, -0.2) is 9.97 Å². The van der Waals surface area contributed by atoms with Gasteiger partial charge in [-0.2, -0.15) is 0 Å². The summed E-state index contributed by atoms with van der Waals surface area (Å²) < 4.78 is 0. The fraction of sp³-hybridized carbons (Fsp3) is 0. The predicted molar refractivity (Wildman–Crippen MR) is 144 cm³/mol. The third kappa shape index (κ3) is 5.43. The highest BCUT2D eigenvalue weighted by atomic mass is 14.7. The molecule has 5 rings (SSSR count). The summed E-state index contributed by atoms with van der Waals surface area (Å²) in [4.78, 5) is 9.20. The molecule has 34 heavy (non-hydrogen) atoms. The van der Waals surface area contributed by atoms with Crippen LogP contribution in [0.5, 0.6) is 0 Å². The minimum absolute atomic E-state index is 0.983. The lowest BCUT2D eigenvalue weighted by Gasteiger charge is -2.02. The third-order valence-electron chi connectivity index (χ3n) is 5.56. The minimum Gasteiger partial charge on any atom is -0.256 e. The van der Waals surface area contributed by atoms with Crippen LogP contribution < -0.4 is 0 Å². The first-order valence-electron chi connectivity index (χ1n) is 11.3. The number of aromatic nitrogens is 2. The van der Waals surface area contributed by atoms with E-state index >= 15 is 0 Å². The summed E-state index contributed by atoms with van der Waals surface area (Å²) in [5.41, 5.74) is 8.66. The Kier molecular flexibility index (Phi) is 6.50. The first-order valence-corrected chi connectivity index (χ1v) is 11.3. The molecule has 0 atom stereocenters. The number of nitrogens with zero attached hydrogens (tertiary/aromatic N) is 2. The standard InChI is InChI=1S/C32H24N2/c1-3-10-29(11-4-1)31-20-18-27(23-33-31)16-14-25-8-7-9-26(22-25)15-17-28-19-21-32(34-24-28)30-12-5-2-6-13-30/h1-24H. The second-order valence-corrected chi connectivity index (χ2v) is 8.02. The molecule has 3 aromatic carbocycles. The molecular weight excluding hydrogens is 412 g/mol. The van der Waals surface area contributed by atoms with Gasteiger partial charge in [-0.3, -0.25) is 9.97 Å². The normalized spacial score (nSPS) is 11.3. The molecule has 0 bridgehead atoms. The highest BCUT2D eigenvalue weighted by molar-refractivity contribution is 5.75. The summed E-state index contributed by atoms with van der Waals surface area (Å²) in [5.74, 6) is 0. The summed E-state index contributed by atoms with van der Waals surface area (Å²) >= 11 is 0. The molecule has 162 valence electrons. The van der Waals surface area contributed by atoms with Gasteiger partial charge in [0.15, 0.2) is 0 Å². The lowest BCUT2D eigenvalue weighted by Crippen LogP contribution is -1.84. The second-order valence-electron chi connectivity index (χ2n) is 8.02. The van der Waals surface area contributed by atoms with Crippen LogP contribution in [0.3, 0.4) is 0 Å². The van der Waals surface area contributed by atoms with Crippen LogP contribution in [0.2, 0.25) is 0 Å². The maximum absolute atomic E-state index is 4.60. The number of hydrogen-bond donors (Lipinski definition) is 0. The van der Waals surface area contributed by atoms with Gasteiger partial charge in [-0.25, -0.2) is 0 Å². The van der Waals surface area contributed by atoms with Crippen molar-refractivity contribution in [1.82, 2.24) is 9.97 Å². The van der Waals surface area contributed by atoms with E-state index in [2.05, 4.69) is 107 Å². The van der Waals surface area contributed by atoms with Gasteiger partial charge in [0, 0.05) is 23.5 Å². The number of benzene rings is 3. The third-order valence-corrected chi connectivity index (χ3v) is 5.56. The van der Waals surface area contributed by atoms with Gasteiger partial charge < -0.3 is 0 Å². The van der Waals surface area contributed by atoms with E-state index in [1.165, 1.54) is 0 Å². The van der Waals surface area contributed by atoms with Gasteiger partial charge in [0.1, 0.15) is 0 Å². The summed E-state index contributed by atoms with van der Waals surface area (Å²) in [6.45, 7) is 0. The Morgan fingerprint density at radius 1 is 0.382 bits per heavy atom. The molecular formula is C32H24N2. The fourth-order valence-corrected chi connectivity index (χ4v) is 3.72. The largest absolute Gasteiger partial charge is 0.256 e. The summed E-state index contributed by atoms with van der Waals surface area (Å²) in [6, 6.07) is 37.2. The smallest absolute Gasteiger partial charge is 0.0702 e. The molecule has 5 aromatic rings. The van der Waals surface area contributed by atoms with Gasteiger partial charge in [-0.1, -0.05) is 115 Å². The minimum atomic E-state index is 0.983. The zero-order chi connectivity index (χ0) is 23.0. The average molecular weight is 437 g/mol. The molecule has 0 aliphatic carbocycles. The topological polar surface area (TPSA) is 25.8 Å². The Morgan fingerprint density at radius 3 is 1.24 bits per heavy atom. The van der Waals surface area contributed by atoms with Crippen molar-refractivity contribution in [2.24, 2.45) is 0 Å². The Balaban J connectivity index is 1.25. The van der Waals surface area contributed by atoms with Crippen LogP contribution in [0.15, 0.2) is 122 Å². The zero-order valence-corrected chi connectivity index (χ0v) is 18.8. The molecule has 2 aromatic heterocycles. The van der Waals surface area contributed by atoms with E-state index in [0.717, 1.165) is 44.8 Å². The predicted octanol–water partition coefficient (Wildman–Crippen LogP) is 8.15. The molecule has 0 amide bonds. The molecule has 0 aliphatic heterocycles. The highest BCUT2D eigenvalue weighted by Gasteiger charge is 1.99. The van der Waals surface area contributed by atoms with E-state index in [0.29, 0.717) is 0 Å². The van der Waals surface area contributed by atoms with Crippen LogP contribution >= 0.6 is 0 Å². The van der Waals surface area contributed by atoms with Crippen molar-refractivity contribution in [1.29, 1.82) is 0 Å². The highest BCUT2D eigenvalue weighted by Crippen LogP contribution is 2.19. The quantitative estimate of drug-likeness (QED) is 0.268. The molecule has 0 aliphatic rings. The van der Waals surface area contributed by atoms with Gasteiger partial charge in [0.2, 0.25) is 0 Å². The van der Waals surface area contributed by atoms with E-state index in [1.54, 1.807) is 0 Å². The van der Waals surface area contributed by atoms with Crippen molar-refractivity contribution in [3.05, 3.63) is 144 Å². The van der Waals surface area contributed by atoms with Gasteiger partial charge in [-0.15, -0.1) is 0 Å². The summed E-state index contributed by atoms with van der Waals surface area (Å²) in [7, 11) is 0.